The maximum absolute atomic E-state index is 5.70. The average molecular weight is 206 g/mol. The van der Waals surface area contributed by atoms with Crippen LogP contribution >= 0.6 is 0 Å². The quantitative estimate of drug-likeness (QED) is 0.335. The van der Waals surface area contributed by atoms with Gasteiger partial charge in [-0.15, -0.1) is 5.10 Å². The van der Waals surface area contributed by atoms with Crippen LogP contribution in [0.4, 0.5) is 0 Å². The predicted octanol–water partition coefficient (Wildman–Crippen LogP) is 1.09. The zero-order chi connectivity index (χ0) is 11.1. The number of guanidine groups is 1. The van der Waals surface area contributed by atoms with Gasteiger partial charge in [-0.2, -0.15) is 0 Å². The van der Waals surface area contributed by atoms with Crippen molar-refractivity contribution in [3.05, 3.63) is 35.9 Å². The standard InChI is InChI=1S/C11H18N4/c1-2-8-15(11(12)14-13)9-10-6-4-3-5-7-10/h3-7H,2,8-9,13H2,1H3,(H2,12,14). The smallest absolute Gasteiger partial charge is 0.213 e. The Balaban J connectivity index is 2.67. The summed E-state index contributed by atoms with van der Waals surface area (Å²) in [5.41, 5.74) is 6.91. The maximum atomic E-state index is 5.70. The molecule has 0 radical (unpaired) electrons. The summed E-state index contributed by atoms with van der Waals surface area (Å²) >= 11 is 0. The lowest BCUT2D eigenvalue weighted by atomic mass is 10.2. The van der Waals surface area contributed by atoms with E-state index in [2.05, 4.69) is 24.2 Å². The molecule has 0 aliphatic rings. The molecule has 4 nitrogen and oxygen atoms in total. The van der Waals surface area contributed by atoms with Gasteiger partial charge < -0.3 is 16.5 Å². The van der Waals surface area contributed by atoms with Crippen molar-refractivity contribution in [3.63, 3.8) is 0 Å². The third-order valence-corrected chi connectivity index (χ3v) is 2.17. The third-order valence-electron chi connectivity index (χ3n) is 2.17. The highest BCUT2D eigenvalue weighted by Crippen LogP contribution is 2.04. The number of hydrogen-bond donors (Lipinski definition) is 2. The highest BCUT2D eigenvalue weighted by atomic mass is 15.3. The molecule has 0 saturated heterocycles. The van der Waals surface area contributed by atoms with E-state index in [0.29, 0.717) is 5.96 Å². The first kappa shape index (κ1) is 11.4. The second kappa shape index (κ2) is 5.90. The molecule has 4 N–H and O–H groups in total. The van der Waals surface area contributed by atoms with Gasteiger partial charge in [-0.3, -0.25) is 0 Å². The van der Waals surface area contributed by atoms with Crippen molar-refractivity contribution in [2.75, 3.05) is 6.54 Å². The summed E-state index contributed by atoms with van der Waals surface area (Å²) in [6, 6.07) is 10.1. The van der Waals surface area contributed by atoms with E-state index in [1.54, 1.807) is 0 Å². The number of nitrogens with two attached hydrogens (primary N) is 2. The van der Waals surface area contributed by atoms with E-state index in [4.69, 9.17) is 11.6 Å². The molecule has 4 heteroatoms. The summed E-state index contributed by atoms with van der Waals surface area (Å²) in [6.07, 6.45) is 1.02. The first-order valence-corrected chi connectivity index (χ1v) is 5.10. The predicted molar refractivity (Wildman–Crippen MR) is 63.0 cm³/mol. The zero-order valence-electron chi connectivity index (χ0n) is 9.06. The number of hydrogen-bond acceptors (Lipinski definition) is 2. The molecule has 0 saturated carbocycles. The number of benzene rings is 1. The lowest BCUT2D eigenvalue weighted by molar-refractivity contribution is 0.406. The van der Waals surface area contributed by atoms with Gasteiger partial charge in [0.1, 0.15) is 0 Å². The van der Waals surface area contributed by atoms with Crippen molar-refractivity contribution in [2.45, 2.75) is 19.9 Å². The van der Waals surface area contributed by atoms with Gasteiger partial charge in [0.2, 0.25) is 5.96 Å². The van der Waals surface area contributed by atoms with Crippen LogP contribution in [0, 0.1) is 0 Å². The van der Waals surface area contributed by atoms with Gasteiger partial charge in [0, 0.05) is 13.1 Å². The molecule has 15 heavy (non-hydrogen) atoms. The Kier molecular flexibility index (Phi) is 4.47. The number of rotatable bonds is 4. The summed E-state index contributed by atoms with van der Waals surface area (Å²) in [5, 5.41) is 3.52. The molecule has 0 aromatic heterocycles. The van der Waals surface area contributed by atoms with Crippen LogP contribution in [-0.4, -0.2) is 17.4 Å². The molecule has 0 unspecified atom stereocenters. The van der Waals surface area contributed by atoms with Gasteiger partial charge >= 0.3 is 0 Å². The highest BCUT2D eigenvalue weighted by molar-refractivity contribution is 5.77. The molecule has 0 heterocycles. The summed E-state index contributed by atoms with van der Waals surface area (Å²) < 4.78 is 0. The van der Waals surface area contributed by atoms with Crippen LogP contribution in [0.5, 0.6) is 0 Å². The first-order chi connectivity index (χ1) is 7.27. The first-order valence-electron chi connectivity index (χ1n) is 5.10. The fraction of sp³-hybridized carbons (Fsp3) is 0.364. The molecule has 0 atom stereocenters. The fourth-order valence-electron chi connectivity index (χ4n) is 1.43. The Hall–Kier alpha value is -1.71. The Morgan fingerprint density at radius 1 is 1.33 bits per heavy atom. The van der Waals surface area contributed by atoms with E-state index < -0.39 is 0 Å². The molecule has 0 amide bonds. The molecule has 0 aliphatic heterocycles. The zero-order valence-corrected chi connectivity index (χ0v) is 9.06. The molecule has 0 fully saturated rings. The fourth-order valence-corrected chi connectivity index (χ4v) is 1.43. The van der Waals surface area contributed by atoms with E-state index in [9.17, 15) is 0 Å². The van der Waals surface area contributed by atoms with Crippen molar-refractivity contribution in [1.82, 2.24) is 4.90 Å². The summed E-state index contributed by atoms with van der Waals surface area (Å²) in [4.78, 5) is 1.97. The van der Waals surface area contributed by atoms with Crippen LogP contribution in [-0.2, 0) is 6.54 Å². The van der Waals surface area contributed by atoms with Gasteiger partial charge in [-0.25, -0.2) is 0 Å². The second-order valence-electron chi connectivity index (χ2n) is 3.39. The Labute approximate surface area is 90.6 Å². The summed E-state index contributed by atoms with van der Waals surface area (Å²) in [7, 11) is 0. The van der Waals surface area contributed by atoms with Crippen molar-refractivity contribution in [3.8, 4) is 0 Å². The van der Waals surface area contributed by atoms with E-state index >= 15 is 0 Å². The van der Waals surface area contributed by atoms with Gasteiger partial charge in [0.25, 0.3) is 0 Å². The number of hydrazone groups is 1. The lowest BCUT2D eigenvalue weighted by Crippen LogP contribution is -2.38. The molecular formula is C11H18N4. The molecule has 1 aromatic rings. The molecule has 82 valence electrons. The number of nitrogens with zero attached hydrogens (tertiary/aromatic N) is 2. The minimum Gasteiger partial charge on any atom is -0.368 e. The normalized spacial score (nSPS) is 11.4. The van der Waals surface area contributed by atoms with Crippen LogP contribution < -0.4 is 11.6 Å². The Morgan fingerprint density at radius 2 is 2.00 bits per heavy atom. The molecular weight excluding hydrogens is 188 g/mol. The SMILES string of the molecule is CCCN(Cc1ccccc1)/C(N)=N/N. The highest BCUT2D eigenvalue weighted by Gasteiger charge is 2.06. The lowest BCUT2D eigenvalue weighted by Gasteiger charge is -2.22. The monoisotopic (exact) mass is 206 g/mol. The van der Waals surface area contributed by atoms with Crippen molar-refractivity contribution >= 4 is 5.96 Å². The maximum Gasteiger partial charge on any atom is 0.213 e. The van der Waals surface area contributed by atoms with Crippen LogP contribution in [0.2, 0.25) is 0 Å². The van der Waals surface area contributed by atoms with Crippen LogP contribution in [0.3, 0.4) is 0 Å². The topological polar surface area (TPSA) is 67.6 Å². The van der Waals surface area contributed by atoms with Crippen molar-refractivity contribution in [1.29, 1.82) is 0 Å². The minimum atomic E-state index is 0.390. The van der Waals surface area contributed by atoms with Gasteiger partial charge in [-0.05, 0) is 12.0 Å². The van der Waals surface area contributed by atoms with E-state index in [1.165, 1.54) is 5.56 Å². The second-order valence-corrected chi connectivity index (χ2v) is 3.39. The molecule has 0 bridgehead atoms. The van der Waals surface area contributed by atoms with E-state index in [1.807, 2.05) is 23.1 Å². The van der Waals surface area contributed by atoms with Crippen molar-refractivity contribution in [2.24, 2.45) is 16.7 Å². The Bertz CT molecular complexity index is 308. The van der Waals surface area contributed by atoms with Crippen LogP contribution in [0.25, 0.3) is 0 Å². The van der Waals surface area contributed by atoms with E-state index in [-0.39, 0.29) is 0 Å². The van der Waals surface area contributed by atoms with Gasteiger partial charge in [0.15, 0.2) is 0 Å². The van der Waals surface area contributed by atoms with E-state index in [0.717, 1.165) is 19.5 Å². The van der Waals surface area contributed by atoms with Gasteiger partial charge in [-0.1, -0.05) is 37.3 Å². The Morgan fingerprint density at radius 3 is 2.53 bits per heavy atom. The third kappa shape index (κ3) is 3.50. The van der Waals surface area contributed by atoms with Gasteiger partial charge in [0.05, 0.1) is 0 Å². The van der Waals surface area contributed by atoms with Crippen LogP contribution in [0.15, 0.2) is 35.4 Å². The largest absolute Gasteiger partial charge is 0.368 e. The van der Waals surface area contributed by atoms with Crippen LogP contribution in [0.1, 0.15) is 18.9 Å². The minimum absolute atomic E-state index is 0.390. The molecule has 1 aromatic carbocycles. The average Bonchev–Trinajstić information content (AvgIpc) is 2.29. The molecule has 0 aliphatic carbocycles. The molecule has 0 spiro atoms. The van der Waals surface area contributed by atoms with Crippen molar-refractivity contribution < 1.29 is 0 Å². The summed E-state index contributed by atoms with van der Waals surface area (Å²) in [5.74, 6) is 5.57. The summed E-state index contributed by atoms with van der Waals surface area (Å²) in [6.45, 7) is 3.71. The molecule has 1 rings (SSSR count).